The maximum atomic E-state index is 11.8. The summed E-state index contributed by atoms with van der Waals surface area (Å²) in [7, 11) is -3.84. The molecule has 1 fully saturated rings. The van der Waals surface area contributed by atoms with Crippen LogP contribution < -0.4 is 20.5 Å². The summed E-state index contributed by atoms with van der Waals surface area (Å²) in [5.41, 5.74) is 3.35. The molecule has 8 nitrogen and oxygen atoms in total. The molecule has 0 radical (unpaired) electrons. The Hall–Kier alpha value is -2.53. The first-order chi connectivity index (χ1) is 15.3. The number of piperidine rings is 1. The minimum Gasteiger partial charge on any atom is -0.489 e. The fourth-order valence-corrected chi connectivity index (χ4v) is 4.91. The van der Waals surface area contributed by atoms with E-state index in [1.165, 1.54) is 23.5 Å². The van der Waals surface area contributed by atoms with Gasteiger partial charge in [0.25, 0.3) is 0 Å². The Morgan fingerprint density at radius 1 is 1.22 bits per heavy atom. The van der Waals surface area contributed by atoms with Gasteiger partial charge in [0.15, 0.2) is 5.13 Å². The highest BCUT2D eigenvalue weighted by atomic mass is 32.2. The van der Waals surface area contributed by atoms with Crippen molar-refractivity contribution in [3.8, 4) is 17.0 Å². The van der Waals surface area contributed by atoms with Gasteiger partial charge >= 0.3 is 0 Å². The first kappa shape index (κ1) is 22.7. The Labute approximate surface area is 192 Å². The number of anilines is 2. The summed E-state index contributed by atoms with van der Waals surface area (Å²) in [6.45, 7) is 5.87. The highest BCUT2D eigenvalue weighted by Crippen LogP contribution is 2.34. The van der Waals surface area contributed by atoms with Crippen LogP contribution in [-0.2, 0) is 10.0 Å². The number of rotatable bonds is 7. The minimum atomic E-state index is -3.84. The van der Waals surface area contributed by atoms with E-state index >= 15 is 0 Å². The number of nitrogens with one attached hydrogen (secondary N) is 2. The lowest BCUT2D eigenvalue weighted by molar-refractivity contribution is 0.243. The zero-order valence-corrected chi connectivity index (χ0v) is 19.7. The Balaban J connectivity index is 1.55. The number of hydrogen-bond donors (Lipinski definition) is 3. The second-order valence-corrected chi connectivity index (χ2v) is 10.4. The predicted molar refractivity (Wildman–Crippen MR) is 127 cm³/mol. The van der Waals surface area contributed by atoms with Gasteiger partial charge in [-0.3, -0.25) is 4.98 Å². The maximum absolute atomic E-state index is 11.8. The number of aromatic nitrogens is 2. The molecule has 3 heterocycles. The van der Waals surface area contributed by atoms with Crippen molar-refractivity contribution >= 4 is 32.2 Å². The first-order valence-electron chi connectivity index (χ1n) is 10.5. The average Bonchev–Trinajstić information content (AvgIpc) is 3.23. The molecule has 0 saturated carbocycles. The number of sulfonamides is 1. The van der Waals surface area contributed by atoms with Gasteiger partial charge in [-0.2, -0.15) is 0 Å². The molecule has 32 heavy (non-hydrogen) atoms. The van der Waals surface area contributed by atoms with E-state index < -0.39 is 10.0 Å². The van der Waals surface area contributed by atoms with Crippen molar-refractivity contribution in [1.29, 1.82) is 0 Å². The lowest BCUT2D eigenvalue weighted by atomic mass is 9.94. The van der Waals surface area contributed by atoms with Crippen LogP contribution in [0.3, 0.4) is 0 Å². The SMILES string of the molecule is CC(C)Oc1ccc(S(N)(=O)=O)cc1Nc1nc(-c2ccc(C3CCNCC3)nc2)cs1. The third-order valence-corrected chi connectivity index (χ3v) is 6.90. The molecular formula is C22H27N5O3S2. The summed E-state index contributed by atoms with van der Waals surface area (Å²) in [5.74, 6) is 1.03. The number of thiazole rings is 1. The Morgan fingerprint density at radius 3 is 2.66 bits per heavy atom. The number of nitrogens with zero attached hydrogens (tertiary/aromatic N) is 2. The lowest BCUT2D eigenvalue weighted by Gasteiger charge is -2.22. The topological polar surface area (TPSA) is 119 Å². The monoisotopic (exact) mass is 473 g/mol. The van der Waals surface area contributed by atoms with Gasteiger partial charge in [0, 0.05) is 28.8 Å². The molecule has 0 aliphatic carbocycles. The zero-order chi connectivity index (χ0) is 22.7. The average molecular weight is 474 g/mol. The second-order valence-electron chi connectivity index (χ2n) is 8.03. The van der Waals surface area contributed by atoms with Crippen LogP contribution >= 0.6 is 11.3 Å². The third-order valence-electron chi connectivity index (χ3n) is 5.23. The van der Waals surface area contributed by atoms with Crippen LogP contribution in [0.15, 0.2) is 46.8 Å². The molecule has 0 amide bonds. The maximum Gasteiger partial charge on any atom is 0.238 e. The van der Waals surface area contributed by atoms with Crippen molar-refractivity contribution in [3.63, 3.8) is 0 Å². The number of pyridine rings is 1. The van der Waals surface area contributed by atoms with Crippen molar-refractivity contribution in [3.05, 3.63) is 47.6 Å². The number of nitrogens with two attached hydrogens (primary N) is 1. The predicted octanol–water partition coefficient (Wildman–Crippen LogP) is 3.85. The summed E-state index contributed by atoms with van der Waals surface area (Å²) in [6.07, 6.45) is 4.00. The second kappa shape index (κ2) is 9.53. The number of ether oxygens (including phenoxy) is 1. The minimum absolute atomic E-state index is 0.00517. The van der Waals surface area contributed by atoms with Gasteiger partial charge in [-0.05, 0) is 70.1 Å². The molecule has 170 valence electrons. The summed E-state index contributed by atoms with van der Waals surface area (Å²) in [6, 6.07) is 8.63. The lowest BCUT2D eigenvalue weighted by Crippen LogP contribution is -2.26. The van der Waals surface area contributed by atoms with Gasteiger partial charge in [-0.1, -0.05) is 0 Å². The number of benzene rings is 1. The molecule has 3 aromatic rings. The molecule has 0 atom stereocenters. The van der Waals surface area contributed by atoms with E-state index in [0.717, 1.165) is 42.9 Å². The van der Waals surface area contributed by atoms with Gasteiger partial charge in [0.1, 0.15) is 5.75 Å². The van der Waals surface area contributed by atoms with Crippen LogP contribution in [0.5, 0.6) is 5.75 Å². The van der Waals surface area contributed by atoms with Crippen LogP contribution in [-0.4, -0.2) is 37.6 Å². The van der Waals surface area contributed by atoms with Gasteiger partial charge in [-0.15, -0.1) is 11.3 Å². The van der Waals surface area contributed by atoms with E-state index in [1.807, 2.05) is 25.4 Å². The van der Waals surface area contributed by atoms with Crippen molar-refractivity contribution < 1.29 is 13.2 Å². The summed E-state index contributed by atoms with van der Waals surface area (Å²) in [4.78, 5) is 9.33. The highest BCUT2D eigenvalue weighted by molar-refractivity contribution is 7.89. The van der Waals surface area contributed by atoms with Crippen molar-refractivity contribution in [2.24, 2.45) is 5.14 Å². The van der Waals surface area contributed by atoms with E-state index in [9.17, 15) is 8.42 Å². The fraction of sp³-hybridized carbons (Fsp3) is 0.364. The summed E-state index contributed by atoms with van der Waals surface area (Å²) < 4.78 is 29.4. The quantitative estimate of drug-likeness (QED) is 0.477. The summed E-state index contributed by atoms with van der Waals surface area (Å²) in [5, 5.41) is 14.4. The molecule has 0 bridgehead atoms. The molecule has 1 aliphatic rings. The van der Waals surface area contributed by atoms with Crippen LogP contribution in [0.25, 0.3) is 11.3 Å². The van der Waals surface area contributed by atoms with Crippen molar-refractivity contribution in [1.82, 2.24) is 15.3 Å². The molecular weight excluding hydrogens is 446 g/mol. The fourth-order valence-electron chi connectivity index (χ4n) is 3.64. The summed E-state index contributed by atoms with van der Waals surface area (Å²) >= 11 is 1.42. The molecule has 2 aromatic heterocycles. The van der Waals surface area contributed by atoms with Gasteiger partial charge in [0.05, 0.1) is 22.4 Å². The molecule has 4 N–H and O–H groups in total. The standard InChI is InChI=1S/C22H27N5O3S2/c1-14(2)30-21-6-4-17(32(23,28)29)11-19(21)26-22-27-20(13-31-22)16-3-5-18(25-12-16)15-7-9-24-10-8-15/h3-6,11-15,24H,7-10H2,1-2H3,(H,26,27)(H2,23,28,29). The van der Waals surface area contributed by atoms with Crippen molar-refractivity contribution in [2.45, 2.75) is 43.6 Å². The van der Waals surface area contributed by atoms with Crippen molar-refractivity contribution in [2.75, 3.05) is 18.4 Å². The Bertz CT molecular complexity index is 1170. The molecule has 10 heteroatoms. The Morgan fingerprint density at radius 2 is 2.00 bits per heavy atom. The molecule has 1 aromatic carbocycles. The van der Waals surface area contributed by atoms with E-state index in [1.54, 1.807) is 6.07 Å². The van der Waals surface area contributed by atoms with Crippen LogP contribution in [0, 0.1) is 0 Å². The molecule has 4 rings (SSSR count). The zero-order valence-electron chi connectivity index (χ0n) is 18.0. The number of primary sulfonamides is 1. The van der Waals surface area contributed by atoms with Crippen LogP contribution in [0.2, 0.25) is 0 Å². The number of hydrogen-bond acceptors (Lipinski definition) is 8. The van der Waals surface area contributed by atoms with Gasteiger partial charge < -0.3 is 15.4 Å². The smallest absolute Gasteiger partial charge is 0.238 e. The van der Waals surface area contributed by atoms with Crippen LogP contribution in [0.4, 0.5) is 10.8 Å². The molecule has 0 unspecified atom stereocenters. The third kappa shape index (κ3) is 5.44. The van der Waals surface area contributed by atoms with E-state index in [0.29, 0.717) is 22.5 Å². The van der Waals surface area contributed by atoms with E-state index in [-0.39, 0.29) is 11.0 Å². The largest absolute Gasteiger partial charge is 0.489 e. The first-order valence-corrected chi connectivity index (χ1v) is 13.0. The van der Waals surface area contributed by atoms with E-state index in [4.69, 9.17) is 9.88 Å². The normalized spacial score (nSPS) is 15.1. The molecule has 0 spiro atoms. The molecule has 1 aliphatic heterocycles. The van der Waals surface area contributed by atoms with E-state index in [2.05, 4.69) is 32.7 Å². The van der Waals surface area contributed by atoms with Crippen LogP contribution in [0.1, 0.15) is 38.3 Å². The van der Waals surface area contributed by atoms with Gasteiger partial charge in [0.2, 0.25) is 10.0 Å². The Kier molecular flexibility index (Phi) is 6.75. The van der Waals surface area contributed by atoms with Gasteiger partial charge in [-0.25, -0.2) is 18.5 Å². The highest BCUT2D eigenvalue weighted by Gasteiger charge is 2.17. The molecule has 1 saturated heterocycles.